The number of carbonyl (C=O) groups excluding carboxylic acids is 7. The molecular weight excluding hydrogens is 911 g/mol. The molecule has 7 rings (SSSR count). The van der Waals surface area contributed by atoms with E-state index in [0.717, 1.165) is 45.8 Å². The minimum absolute atomic E-state index is 0.00177. The number of hydrogen-bond donors (Lipinski definition) is 7. The molecule has 2 aromatic carbocycles. The maximum atomic E-state index is 13.2. The Hall–Kier alpha value is -5.69. The average molecular weight is 966 g/mol. The van der Waals surface area contributed by atoms with Crippen LogP contribution >= 0.6 is 11.8 Å². The van der Waals surface area contributed by atoms with Gasteiger partial charge in [-0.05, 0) is 61.1 Å². The van der Waals surface area contributed by atoms with Gasteiger partial charge in [-0.2, -0.15) is 0 Å². The van der Waals surface area contributed by atoms with Gasteiger partial charge in [-0.25, -0.2) is 8.42 Å². The first-order valence-electron chi connectivity index (χ1n) is 22.0. The van der Waals surface area contributed by atoms with Gasteiger partial charge >= 0.3 is 0 Å². The summed E-state index contributed by atoms with van der Waals surface area (Å²) in [6, 6.07) is 13.6. The summed E-state index contributed by atoms with van der Waals surface area (Å²) in [5.41, 5.74) is 2.89. The van der Waals surface area contributed by atoms with Gasteiger partial charge in [-0.3, -0.25) is 58.4 Å². The van der Waals surface area contributed by atoms with Crippen molar-refractivity contribution in [2.75, 3.05) is 76.5 Å². The van der Waals surface area contributed by atoms with E-state index >= 15 is 0 Å². The van der Waals surface area contributed by atoms with Crippen molar-refractivity contribution in [3.8, 4) is 0 Å². The van der Waals surface area contributed by atoms with Crippen LogP contribution in [0.2, 0.25) is 0 Å². The van der Waals surface area contributed by atoms with Crippen molar-refractivity contribution in [3.05, 3.63) is 88.7 Å². The van der Waals surface area contributed by atoms with E-state index in [9.17, 15) is 42.0 Å². The average Bonchev–Trinajstić information content (AvgIpc) is 4.06. The molecule has 1 aromatic heterocycles. The van der Waals surface area contributed by atoms with Gasteiger partial charge in [-0.15, -0.1) is 11.8 Å². The quantitative estimate of drug-likeness (QED) is 0.0529. The van der Waals surface area contributed by atoms with Gasteiger partial charge in [0.2, 0.25) is 33.7 Å². The summed E-state index contributed by atoms with van der Waals surface area (Å²) in [5, 5.41) is 20.4. The Morgan fingerprint density at radius 3 is 2.46 bits per heavy atom. The summed E-state index contributed by atoms with van der Waals surface area (Å²) in [6.45, 7) is 2.58. The number of imide groups is 2. The predicted octanol–water partition coefficient (Wildman–Crippen LogP) is 0.366. The monoisotopic (exact) mass is 965 g/mol. The topological polar surface area (TPSA) is 274 Å². The van der Waals surface area contributed by atoms with Crippen LogP contribution in [-0.2, 0) is 43.4 Å². The maximum Gasteiger partial charge on any atom is 0.264 e. The Morgan fingerprint density at radius 1 is 0.881 bits per heavy atom. The molecule has 3 aromatic rings. The second-order valence-electron chi connectivity index (χ2n) is 16.3. The van der Waals surface area contributed by atoms with Crippen molar-refractivity contribution in [2.24, 2.45) is 0 Å². The Labute approximate surface area is 391 Å². The van der Waals surface area contributed by atoms with Crippen LogP contribution in [-0.4, -0.2) is 148 Å². The van der Waals surface area contributed by atoms with E-state index in [1.807, 2.05) is 6.07 Å². The van der Waals surface area contributed by atoms with E-state index in [4.69, 9.17) is 14.2 Å². The summed E-state index contributed by atoms with van der Waals surface area (Å²) in [7, 11) is -3.52. The fourth-order valence-corrected chi connectivity index (χ4v) is 9.88. The van der Waals surface area contributed by atoms with Gasteiger partial charge in [0.25, 0.3) is 17.7 Å². The number of benzene rings is 2. The fourth-order valence-electron chi connectivity index (χ4n) is 8.15. The van der Waals surface area contributed by atoms with Crippen LogP contribution in [0.5, 0.6) is 0 Å². The molecule has 7 N–H and O–H groups in total. The van der Waals surface area contributed by atoms with Crippen LogP contribution in [0.25, 0.3) is 0 Å². The first kappa shape index (κ1) is 49.2. The number of anilines is 1. The van der Waals surface area contributed by atoms with Gasteiger partial charge in [0.05, 0.1) is 62.5 Å². The summed E-state index contributed by atoms with van der Waals surface area (Å²) in [5.74, 6) is -2.36. The van der Waals surface area contributed by atoms with Crippen LogP contribution in [0.1, 0.15) is 86.3 Å². The van der Waals surface area contributed by atoms with E-state index in [1.165, 1.54) is 30.1 Å². The molecule has 5 heterocycles. The zero-order valence-corrected chi connectivity index (χ0v) is 38.5. The van der Waals surface area contributed by atoms with E-state index in [1.54, 1.807) is 23.9 Å². The SMILES string of the molecule is CS(=O)(=O)n1ccc(C(=O)NCC(=O)NC2NC(c3cccc(C4CCNC(OCCNC(=O)CCOCCOCCNc5cccc6c5C(=O)N(C5CCC(=O)NC5=O)C6=O)C4)c3)CS2)c1. The highest BCUT2D eigenvalue weighted by Crippen LogP contribution is 2.34. The molecule has 7 amide bonds. The molecule has 67 heavy (non-hydrogen) atoms. The lowest BCUT2D eigenvalue weighted by molar-refractivity contribution is -0.136. The number of nitrogens with zero attached hydrogens (tertiary/aromatic N) is 2. The molecule has 3 saturated heterocycles. The molecule has 0 bridgehead atoms. The van der Waals surface area contributed by atoms with Gasteiger partial charge < -0.3 is 35.5 Å². The molecule has 0 aliphatic carbocycles. The normalized spacial score (nSPS) is 21.7. The Balaban J connectivity index is 0.721. The smallest absolute Gasteiger partial charge is 0.264 e. The third-order valence-electron chi connectivity index (χ3n) is 11.6. The van der Waals surface area contributed by atoms with Crippen molar-refractivity contribution in [1.82, 2.24) is 40.8 Å². The van der Waals surface area contributed by atoms with Crippen molar-refractivity contribution < 1.29 is 56.2 Å². The van der Waals surface area contributed by atoms with Gasteiger partial charge in [0.15, 0.2) is 0 Å². The number of carbonyl (C=O) groups is 7. The molecule has 21 nitrogen and oxygen atoms in total. The molecule has 23 heteroatoms. The summed E-state index contributed by atoms with van der Waals surface area (Å²) in [6.07, 6.45) is 5.32. The molecule has 4 aliphatic heterocycles. The van der Waals surface area contributed by atoms with Crippen molar-refractivity contribution >= 4 is 68.8 Å². The second-order valence-corrected chi connectivity index (χ2v) is 19.3. The van der Waals surface area contributed by atoms with Gasteiger partial charge in [-0.1, -0.05) is 30.3 Å². The third kappa shape index (κ3) is 13.1. The number of nitrogens with one attached hydrogen (secondary N) is 7. The summed E-state index contributed by atoms with van der Waals surface area (Å²) < 4.78 is 41.5. The zero-order chi connectivity index (χ0) is 47.5. The third-order valence-corrected chi connectivity index (χ3v) is 13.7. The Kier molecular flexibility index (Phi) is 16.8. The highest BCUT2D eigenvalue weighted by Gasteiger charge is 2.45. The largest absolute Gasteiger partial charge is 0.382 e. The molecule has 360 valence electrons. The molecule has 5 atom stereocenters. The van der Waals surface area contributed by atoms with Crippen molar-refractivity contribution in [1.29, 1.82) is 0 Å². The van der Waals surface area contributed by atoms with Crippen molar-refractivity contribution in [2.45, 2.75) is 61.8 Å². The predicted molar refractivity (Wildman–Crippen MR) is 244 cm³/mol. The van der Waals surface area contributed by atoms with Crippen LogP contribution in [0, 0.1) is 0 Å². The molecule has 0 spiro atoms. The molecule has 4 aliphatic rings. The van der Waals surface area contributed by atoms with Crippen LogP contribution in [0.15, 0.2) is 60.9 Å². The van der Waals surface area contributed by atoms with E-state index in [-0.39, 0.29) is 104 Å². The molecule has 0 saturated carbocycles. The Morgan fingerprint density at radius 2 is 1.67 bits per heavy atom. The lowest BCUT2D eigenvalue weighted by Crippen LogP contribution is -2.54. The number of hydrogen-bond acceptors (Lipinski definition) is 16. The fraction of sp³-hybridized carbons (Fsp3) is 0.477. The number of fused-ring (bicyclic) bond motifs is 1. The first-order chi connectivity index (χ1) is 32.2. The lowest BCUT2D eigenvalue weighted by atomic mass is 9.88. The van der Waals surface area contributed by atoms with Gasteiger partial charge in [0, 0.05) is 55.8 Å². The molecule has 0 radical (unpaired) electrons. The van der Waals surface area contributed by atoms with E-state index in [2.05, 4.69) is 55.4 Å². The van der Waals surface area contributed by atoms with Crippen LogP contribution < -0.4 is 37.2 Å². The molecule has 3 fully saturated rings. The number of rotatable bonds is 22. The minimum atomic E-state index is -3.52. The number of thioether (sulfide) groups is 1. The first-order valence-corrected chi connectivity index (χ1v) is 24.9. The summed E-state index contributed by atoms with van der Waals surface area (Å²) in [4.78, 5) is 88.6. The minimum Gasteiger partial charge on any atom is -0.382 e. The second kappa shape index (κ2) is 22.9. The highest BCUT2D eigenvalue weighted by molar-refractivity contribution is 8.00. The lowest BCUT2D eigenvalue weighted by Gasteiger charge is -2.31. The van der Waals surface area contributed by atoms with E-state index < -0.39 is 45.6 Å². The van der Waals surface area contributed by atoms with Gasteiger partial charge in [0.1, 0.15) is 17.8 Å². The zero-order valence-electron chi connectivity index (χ0n) is 36.9. The number of amides is 7. The molecular formula is C44H55N9O12S2. The van der Waals surface area contributed by atoms with Crippen LogP contribution in [0.3, 0.4) is 0 Å². The number of ether oxygens (including phenoxy) is 3. The highest BCUT2D eigenvalue weighted by atomic mass is 32.2. The number of piperidine rings is 2. The van der Waals surface area contributed by atoms with Crippen molar-refractivity contribution in [3.63, 3.8) is 0 Å². The molecule has 5 unspecified atom stereocenters. The Bertz CT molecular complexity index is 2450. The maximum absolute atomic E-state index is 13.2. The van der Waals surface area contributed by atoms with E-state index in [0.29, 0.717) is 25.4 Å². The van der Waals surface area contributed by atoms with Crippen LogP contribution in [0.4, 0.5) is 5.69 Å². The number of aromatic nitrogens is 1. The standard InChI is InChI=1S/C44H55N9O12S2/c1-67(61,62)52-16-11-30(25-52)40(57)48-24-37(56)51-44-49-33(26-66-44)29-5-2-4-27(22-29)28-10-13-47-38(23-28)65-19-15-46-35(54)12-17-63-20-21-64-18-14-45-32-7-3-6-31-39(32)43(60)53(42(31)59)34-8-9-36(55)50-41(34)58/h2-7,11,16,22,25,28,33-34,38,44-45,47,49H,8-10,12-15,17-21,23-24,26H2,1H3,(H,46,54)(H,48,57)(H,51,56)(H,50,55,58). The summed E-state index contributed by atoms with van der Waals surface area (Å²) >= 11 is 1.55.